The van der Waals surface area contributed by atoms with Crippen molar-refractivity contribution in [3.05, 3.63) is 59.7 Å². The molecule has 19 heavy (non-hydrogen) atoms. The Bertz CT molecular complexity index is 657. The minimum Gasteiger partial charge on any atom is -0.293 e. The van der Waals surface area contributed by atoms with Crippen LogP contribution in [-0.2, 0) is 0 Å². The van der Waals surface area contributed by atoms with E-state index < -0.39 is 11.6 Å². The first-order valence-electron chi connectivity index (χ1n) is 5.57. The van der Waals surface area contributed by atoms with Crippen LogP contribution >= 0.6 is 0 Å². The van der Waals surface area contributed by atoms with E-state index in [0.29, 0.717) is 11.1 Å². The highest BCUT2D eigenvalue weighted by atomic mass is 19.1. The smallest absolute Gasteiger partial charge is 0.176 e. The molecule has 0 spiro atoms. The van der Waals surface area contributed by atoms with Crippen molar-refractivity contribution in [2.24, 2.45) is 0 Å². The second-order valence-corrected chi connectivity index (χ2v) is 3.96. The zero-order chi connectivity index (χ0) is 13.8. The molecule has 94 valence electrons. The second kappa shape index (κ2) is 5.40. The van der Waals surface area contributed by atoms with E-state index >= 15 is 0 Å². The van der Waals surface area contributed by atoms with Crippen LogP contribution in [0.1, 0.15) is 16.8 Å². The van der Waals surface area contributed by atoms with Crippen molar-refractivity contribution in [3.63, 3.8) is 0 Å². The Hall–Kier alpha value is -2.54. The number of nitriles is 1. The van der Waals surface area contributed by atoms with E-state index in [9.17, 15) is 13.6 Å². The van der Waals surface area contributed by atoms with Crippen LogP contribution in [0.3, 0.4) is 0 Å². The Morgan fingerprint density at radius 2 is 1.79 bits per heavy atom. The lowest BCUT2D eigenvalue weighted by Crippen LogP contribution is -1.97. The summed E-state index contributed by atoms with van der Waals surface area (Å²) >= 11 is 0. The van der Waals surface area contributed by atoms with Crippen LogP contribution in [0.5, 0.6) is 0 Å². The number of rotatable bonds is 3. The molecule has 0 aromatic heterocycles. The summed E-state index contributed by atoms with van der Waals surface area (Å²) in [5.74, 6) is -1.58. The van der Waals surface area contributed by atoms with Gasteiger partial charge in [0.05, 0.1) is 12.5 Å². The molecule has 2 aromatic carbocycles. The molecule has 0 aliphatic rings. The first-order chi connectivity index (χ1) is 9.11. The van der Waals surface area contributed by atoms with Crippen LogP contribution in [-0.4, -0.2) is 5.78 Å². The average molecular weight is 257 g/mol. The molecular formula is C15H9F2NO. The summed E-state index contributed by atoms with van der Waals surface area (Å²) in [6, 6.07) is 11.3. The molecule has 0 unspecified atom stereocenters. The molecule has 0 saturated heterocycles. The van der Waals surface area contributed by atoms with Crippen molar-refractivity contribution in [2.45, 2.75) is 6.42 Å². The molecule has 2 nitrogen and oxygen atoms in total. The van der Waals surface area contributed by atoms with Gasteiger partial charge < -0.3 is 0 Å². The predicted molar refractivity (Wildman–Crippen MR) is 66.4 cm³/mol. The number of benzene rings is 2. The van der Waals surface area contributed by atoms with Gasteiger partial charge >= 0.3 is 0 Å². The van der Waals surface area contributed by atoms with Crippen LogP contribution < -0.4 is 0 Å². The van der Waals surface area contributed by atoms with E-state index in [0.717, 1.165) is 6.07 Å². The largest absolute Gasteiger partial charge is 0.293 e. The normalized spacial score (nSPS) is 9.95. The zero-order valence-electron chi connectivity index (χ0n) is 9.86. The van der Waals surface area contributed by atoms with Gasteiger partial charge in [-0.05, 0) is 17.7 Å². The number of hydrogen-bond acceptors (Lipinski definition) is 2. The summed E-state index contributed by atoms with van der Waals surface area (Å²) in [6.45, 7) is 0. The van der Waals surface area contributed by atoms with Crippen LogP contribution in [0.2, 0.25) is 0 Å². The average Bonchev–Trinajstić information content (AvgIpc) is 2.39. The molecule has 0 bridgehead atoms. The molecule has 2 rings (SSSR count). The van der Waals surface area contributed by atoms with Gasteiger partial charge in [0.15, 0.2) is 5.78 Å². The van der Waals surface area contributed by atoms with Crippen molar-refractivity contribution < 1.29 is 13.6 Å². The number of halogens is 2. The highest BCUT2D eigenvalue weighted by Gasteiger charge is 2.08. The van der Waals surface area contributed by atoms with Gasteiger partial charge in [0.2, 0.25) is 0 Å². The van der Waals surface area contributed by atoms with Crippen molar-refractivity contribution in [1.29, 1.82) is 5.26 Å². The molecule has 0 aliphatic carbocycles. The first-order valence-corrected chi connectivity index (χ1v) is 5.57. The SMILES string of the molecule is N#CCC(=O)c1ccc(-c2ccc(F)cc2F)cc1. The summed E-state index contributed by atoms with van der Waals surface area (Å²) in [4.78, 5) is 11.5. The van der Waals surface area contributed by atoms with Gasteiger partial charge in [-0.15, -0.1) is 0 Å². The quantitative estimate of drug-likeness (QED) is 0.786. The topological polar surface area (TPSA) is 40.9 Å². The van der Waals surface area contributed by atoms with Crippen molar-refractivity contribution in [3.8, 4) is 17.2 Å². The Kier molecular flexibility index (Phi) is 3.67. The molecule has 0 amide bonds. The van der Waals surface area contributed by atoms with E-state index in [1.54, 1.807) is 18.2 Å². The van der Waals surface area contributed by atoms with E-state index in [1.807, 2.05) is 0 Å². The van der Waals surface area contributed by atoms with Crippen LogP contribution in [0.15, 0.2) is 42.5 Å². The maximum Gasteiger partial charge on any atom is 0.176 e. The van der Waals surface area contributed by atoms with Gasteiger partial charge in [-0.3, -0.25) is 4.79 Å². The summed E-state index contributed by atoms with van der Waals surface area (Å²) in [5, 5.41) is 8.44. The molecular weight excluding hydrogens is 248 g/mol. The number of carbonyl (C=O) groups is 1. The summed E-state index contributed by atoms with van der Waals surface area (Å²) in [6.07, 6.45) is -0.190. The summed E-state index contributed by atoms with van der Waals surface area (Å²) in [7, 11) is 0. The lowest BCUT2D eigenvalue weighted by atomic mass is 10.0. The monoisotopic (exact) mass is 257 g/mol. The van der Waals surface area contributed by atoms with Crippen molar-refractivity contribution >= 4 is 5.78 Å². The molecule has 0 saturated carbocycles. The predicted octanol–water partition coefficient (Wildman–Crippen LogP) is 3.73. The fraction of sp³-hybridized carbons (Fsp3) is 0.0667. The Morgan fingerprint density at radius 1 is 1.11 bits per heavy atom. The minimum absolute atomic E-state index is 0.190. The summed E-state index contributed by atoms with van der Waals surface area (Å²) in [5.41, 5.74) is 1.21. The first kappa shape index (κ1) is 12.9. The third-order valence-electron chi connectivity index (χ3n) is 2.69. The fourth-order valence-electron chi connectivity index (χ4n) is 1.73. The zero-order valence-corrected chi connectivity index (χ0v) is 9.86. The van der Waals surface area contributed by atoms with Gasteiger partial charge in [-0.25, -0.2) is 8.78 Å². The molecule has 2 aromatic rings. The standard InChI is InChI=1S/C15H9F2NO/c16-12-5-6-13(14(17)9-12)10-1-3-11(4-2-10)15(19)7-8-18/h1-6,9H,7H2. The van der Waals surface area contributed by atoms with Gasteiger partial charge in [0, 0.05) is 17.2 Å². The minimum atomic E-state index is -0.656. The van der Waals surface area contributed by atoms with Crippen LogP contribution in [0, 0.1) is 23.0 Å². The number of hydrogen-bond donors (Lipinski definition) is 0. The lowest BCUT2D eigenvalue weighted by molar-refractivity contribution is 0.0998. The summed E-state index contributed by atoms with van der Waals surface area (Å²) < 4.78 is 26.4. The lowest BCUT2D eigenvalue weighted by Gasteiger charge is -2.04. The third-order valence-corrected chi connectivity index (χ3v) is 2.69. The third kappa shape index (κ3) is 2.83. The highest BCUT2D eigenvalue weighted by Crippen LogP contribution is 2.24. The van der Waals surface area contributed by atoms with Gasteiger partial charge in [-0.2, -0.15) is 5.26 Å². The van der Waals surface area contributed by atoms with Crippen molar-refractivity contribution in [1.82, 2.24) is 0 Å². The van der Waals surface area contributed by atoms with Crippen LogP contribution in [0.4, 0.5) is 8.78 Å². The van der Waals surface area contributed by atoms with Crippen molar-refractivity contribution in [2.75, 3.05) is 0 Å². The molecule has 0 N–H and O–H groups in total. The maximum atomic E-state index is 13.6. The van der Waals surface area contributed by atoms with E-state index in [1.165, 1.54) is 24.3 Å². The van der Waals surface area contributed by atoms with Gasteiger partial charge in [0.25, 0.3) is 0 Å². The Balaban J connectivity index is 2.33. The van der Waals surface area contributed by atoms with Crippen LogP contribution in [0.25, 0.3) is 11.1 Å². The van der Waals surface area contributed by atoms with E-state index in [2.05, 4.69) is 0 Å². The second-order valence-electron chi connectivity index (χ2n) is 3.96. The number of carbonyl (C=O) groups excluding carboxylic acids is 1. The maximum absolute atomic E-state index is 13.6. The molecule has 0 atom stereocenters. The molecule has 0 aliphatic heterocycles. The van der Waals surface area contributed by atoms with Gasteiger partial charge in [0.1, 0.15) is 11.6 Å². The highest BCUT2D eigenvalue weighted by molar-refractivity contribution is 5.97. The Labute approximate surface area is 108 Å². The molecule has 0 fully saturated rings. The number of nitrogens with zero attached hydrogens (tertiary/aromatic N) is 1. The van der Waals surface area contributed by atoms with E-state index in [-0.39, 0.29) is 17.8 Å². The molecule has 0 heterocycles. The fourth-order valence-corrected chi connectivity index (χ4v) is 1.73. The Morgan fingerprint density at radius 3 is 2.37 bits per heavy atom. The molecule has 0 radical (unpaired) electrons. The number of ketones is 1. The van der Waals surface area contributed by atoms with Gasteiger partial charge in [-0.1, -0.05) is 24.3 Å². The van der Waals surface area contributed by atoms with E-state index in [4.69, 9.17) is 5.26 Å². The number of Topliss-reactive ketones (excluding diaryl/α,β-unsaturated/α-hetero) is 1. The molecule has 4 heteroatoms.